The zero-order chi connectivity index (χ0) is 41.4. The molecule has 1 heterocycles. The van der Waals surface area contributed by atoms with Crippen LogP contribution in [-0.4, -0.2) is 107 Å². The largest absolute Gasteiger partial charge is 0.397 e. The smallest absolute Gasteiger partial charge is 0.394 e. The molecule has 0 spiro atoms. The van der Waals surface area contributed by atoms with Gasteiger partial charge >= 0.3 is 10.4 Å². The molecule has 0 aromatic heterocycles. The minimum absolute atomic E-state index is 0.236. The highest BCUT2D eigenvalue weighted by Gasteiger charge is 2.48. The molecule has 328 valence electrons. The molecule has 1 aliphatic rings. The number of carbonyl (C=O) groups excluding carboxylic acids is 1. The number of amides is 1. The van der Waals surface area contributed by atoms with Gasteiger partial charge in [-0.25, -0.2) is 4.18 Å². The van der Waals surface area contributed by atoms with E-state index in [-0.39, 0.29) is 6.42 Å². The molecule has 0 bridgehead atoms. The molecule has 0 radical (unpaired) electrons. The van der Waals surface area contributed by atoms with Crippen LogP contribution in [-0.2, 0) is 28.9 Å². The lowest BCUT2D eigenvalue weighted by atomic mass is 9.99. The zero-order valence-electron chi connectivity index (χ0n) is 34.3. The highest BCUT2D eigenvalue weighted by molar-refractivity contribution is 7.80. The topological polar surface area (TPSA) is 212 Å². The van der Waals surface area contributed by atoms with Crippen molar-refractivity contribution < 1.29 is 57.0 Å². The summed E-state index contributed by atoms with van der Waals surface area (Å²) >= 11 is 0. The Morgan fingerprint density at radius 1 is 0.732 bits per heavy atom. The van der Waals surface area contributed by atoms with Gasteiger partial charge in [-0.3, -0.25) is 9.35 Å². The van der Waals surface area contributed by atoms with E-state index < -0.39 is 78.5 Å². The third-order valence-electron chi connectivity index (χ3n) is 10.0. The summed E-state index contributed by atoms with van der Waals surface area (Å²) in [5.41, 5.74) is 0. The van der Waals surface area contributed by atoms with Crippen LogP contribution < -0.4 is 5.32 Å². The molecule has 0 aliphatic carbocycles. The standard InChI is InChI=1S/C42H77NO12S/c1-3-5-7-9-11-13-15-16-17-18-19-20-21-23-25-27-29-31-36(46)41(49)43-34(35(45)30-28-26-24-22-14-12-10-8-6-4-2)33-53-42-39(48)40(55-56(50,51)52)38(47)37(32-44)54-42/h6,8,14,22,28,30,34-40,42,44-48H,3-5,7,9-13,15-21,23-27,29,31-33H2,1-2H3,(H,43,49)(H,50,51,52)/b8-6+,22-14+,30-28+. The Hall–Kier alpha value is -1.72. The Kier molecular flexibility index (Phi) is 31.0. The van der Waals surface area contributed by atoms with Crippen LogP contribution in [0.1, 0.15) is 162 Å². The van der Waals surface area contributed by atoms with Gasteiger partial charge in [0.25, 0.3) is 0 Å². The molecule has 14 heteroatoms. The lowest BCUT2D eigenvalue weighted by Gasteiger charge is -2.41. The first-order valence-electron chi connectivity index (χ1n) is 21.5. The number of unbranched alkanes of at least 4 members (excludes halogenated alkanes) is 18. The Bertz CT molecular complexity index is 1170. The van der Waals surface area contributed by atoms with Crippen molar-refractivity contribution in [3.05, 3.63) is 36.5 Å². The number of allylic oxidation sites excluding steroid dienone is 5. The van der Waals surface area contributed by atoms with Crippen molar-refractivity contribution in [2.45, 2.75) is 210 Å². The van der Waals surface area contributed by atoms with Gasteiger partial charge in [-0.2, -0.15) is 8.42 Å². The van der Waals surface area contributed by atoms with Crippen LogP contribution in [0.2, 0.25) is 0 Å². The predicted molar refractivity (Wildman–Crippen MR) is 219 cm³/mol. The van der Waals surface area contributed by atoms with Gasteiger partial charge < -0.3 is 40.3 Å². The van der Waals surface area contributed by atoms with Gasteiger partial charge in [0, 0.05) is 0 Å². The van der Waals surface area contributed by atoms with Crippen molar-refractivity contribution in [2.24, 2.45) is 0 Å². The van der Waals surface area contributed by atoms with E-state index in [0.717, 1.165) is 44.9 Å². The molecule has 8 atom stereocenters. The van der Waals surface area contributed by atoms with E-state index in [1.165, 1.54) is 89.5 Å². The highest BCUT2D eigenvalue weighted by Crippen LogP contribution is 2.26. The molecule has 1 aliphatic heterocycles. The molecular weight excluding hydrogens is 743 g/mol. The maximum atomic E-state index is 13.0. The van der Waals surface area contributed by atoms with Gasteiger partial charge in [0.2, 0.25) is 5.91 Å². The number of carbonyl (C=O) groups is 1. The van der Waals surface area contributed by atoms with E-state index in [0.29, 0.717) is 12.8 Å². The summed E-state index contributed by atoms with van der Waals surface area (Å²) in [4.78, 5) is 13.0. The van der Waals surface area contributed by atoms with E-state index >= 15 is 0 Å². The van der Waals surface area contributed by atoms with E-state index in [4.69, 9.17) is 14.0 Å². The van der Waals surface area contributed by atoms with Gasteiger partial charge in [0.05, 0.1) is 25.4 Å². The van der Waals surface area contributed by atoms with Crippen LogP contribution >= 0.6 is 0 Å². The van der Waals surface area contributed by atoms with E-state index in [9.17, 15) is 38.7 Å². The molecule has 1 fully saturated rings. The van der Waals surface area contributed by atoms with Crippen LogP contribution in [0.3, 0.4) is 0 Å². The molecule has 1 amide bonds. The number of ether oxygens (including phenoxy) is 2. The van der Waals surface area contributed by atoms with Crippen molar-refractivity contribution in [1.82, 2.24) is 5.32 Å². The molecule has 8 unspecified atom stereocenters. The lowest BCUT2D eigenvalue weighted by Crippen LogP contribution is -2.61. The van der Waals surface area contributed by atoms with Gasteiger partial charge in [-0.15, -0.1) is 0 Å². The van der Waals surface area contributed by atoms with Crippen LogP contribution in [0.15, 0.2) is 36.5 Å². The van der Waals surface area contributed by atoms with Crippen LogP contribution in [0.4, 0.5) is 0 Å². The maximum Gasteiger partial charge on any atom is 0.397 e. The lowest BCUT2D eigenvalue weighted by molar-refractivity contribution is -0.298. The fraction of sp³-hybridized carbons (Fsp3) is 0.833. The summed E-state index contributed by atoms with van der Waals surface area (Å²) in [5, 5.41) is 54.9. The quantitative estimate of drug-likeness (QED) is 0.0207. The van der Waals surface area contributed by atoms with Crippen LogP contribution in [0.5, 0.6) is 0 Å². The summed E-state index contributed by atoms with van der Waals surface area (Å²) < 4.78 is 47.3. The average molecular weight is 820 g/mol. The van der Waals surface area contributed by atoms with Crippen molar-refractivity contribution in [1.29, 1.82) is 0 Å². The number of nitrogens with one attached hydrogen (secondary N) is 1. The van der Waals surface area contributed by atoms with Gasteiger partial charge in [0.15, 0.2) is 6.29 Å². The van der Waals surface area contributed by atoms with Gasteiger partial charge in [0.1, 0.15) is 30.5 Å². The minimum atomic E-state index is -5.12. The first-order chi connectivity index (χ1) is 26.9. The summed E-state index contributed by atoms with van der Waals surface area (Å²) in [6.45, 7) is 3.05. The first kappa shape index (κ1) is 52.3. The molecule has 1 saturated heterocycles. The molecule has 0 aromatic rings. The van der Waals surface area contributed by atoms with Crippen LogP contribution in [0.25, 0.3) is 0 Å². The predicted octanol–water partition coefficient (Wildman–Crippen LogP) is 6.52. The number of aliphatic hydroxyl groups is 5. The molecule has 13 nitrogen and oxygen atoms in total. The summed E-state index contributed by atoms with van der Waals surface area (Å²) in [5.74, 6) is -0.719. The maximum absolute atomic E-state index is 13.0. The van der Waals surface area contributed by atoms with Gasteiger partial charge in [-0.1, -0.05) is 159 Å². The monoisotopic (exact) mass is 820 g/mol. The Morgan fingerprint density at radius 2 is 1.21 bits per heavy atom. The molecule has 56 heavy (non-hydrogen) atoms. The van der Waals surface area contributed by atoms with Crippen LogP contribution in [0, 0.1) is 0 Å². The second kappa shape index (κ2) is 33.1. The fourth-order valence-corrected chi connectivity index (χ4v) is 7.12. The minimum Gasteiger partial charge on any atom is -0.394 e. The number of aliphatic hydroxyl groups excluding tert-OH is 5. The third kappa shape index (κ3) is 25.6. The van der Waals surface area contributed by atoms with Crippen molar-refractivity contribution in [3.63, 3.8) is 0 Å². The first-order valence-corrected chi connectivity index (χ1v) is 22.8. The molecule has 1 rings (SSSR count). The SMILES string of the molecule is CC/C=C/CC/C=C/CC/C=C/C(O)C(COC1OC(CO)C(O)C(OS(=O)(=O)O)C1O)NC(=O)C(O)CCCCCCCCCCCCCCCCCCC. The molecule has 0 saturated carbocycles. The summed E-state index contributed by atoms with van der Waals surface area (Å²) in [6.07, 6.45) is 25.4. The number of hydrogen-bond acceptors (Lipinski definition) is 11. The van der Waals surface area contributed by atoms with Crippen molar-refractivity contribution in [2.75, 3.05) is 13.2 Å². The summed E-state index contributed by atoms with van der Waals surface area (Å²) in [7, 11) is -5.12. The normalized spacial score (nSPS) is 22.3. The molecule has 7 N–H and O–H groups in total. The second-order valence-electron chi connectivity index (χ2n) is 15.0. The zero-order valence-corrected chi connectivity index (χ0v) is 35.1. The Morgan fingerprint density at radius 3 is 1.70 bits per heavy atom. The molecule has 0 aromatic carbocycles. The second-order valence-corrected chi connectivity index (χ2v) is 16.1. The number of rotatable bonds is 35. The summed E-state index contributed by atoms with van der Waals surface area (Å²) in [6, 6.07) is -1.14. The van der Waals surface area contributed by atoms with E-state index in [2.05, 4.69) is 41.6 Å². The average Bonchev–Trinajstić information content (AvgIpc) is 3.16. The van der Waals surface area contributed by atoms with E-state index in [1.807, 2.05) is 6.08 Å². The fourth-order valence-electron chi connectivity index (χ4n) is 6.62. The Labute approximate surface area is 337 Å². The number of hydrogen-bond donors (Lipinski definition) is 7. The van der Waals surface area contributed by atoms with Gasteiger partial charge in [-0.05, 0) is 38.5 Å². The highest BCUT2D eigenvalue weighted by atomic mass is 32.3. The Balaban J connectivity index is 2.59. The van der Waals surface area contributed by atoms with E-state index in [1.54, 1.807) is 6.08 Å². The van der Waals surface area contributed by atoms with Crippen molar-refractivity contribution in [3.8, 4) is 0 Å². The molecular formula is C42H77NO12S. The third-order valence-corrected chi connectivity index (χ3v) is 10.5. The van der Waals surface area contributed by atoms with Crippen molar-refractivity contribution >= 4 is 16.3 Å².